The molecular weight excluding hydrogens is 234 g/mol. The molecule has 0 aliphatic rings. The van der Waals surface area contributed by atoms with Crippen LogP contribution in [0, 0.1) is 5.92 Å². The van der Waals surface area contributed by atoms with E-state index in [0.717, 1.165) is 5.56 Å². The third kappa shape index (κ3) is 2.11. The summed E-state index contributed by atoms with van der Waals surface area (Å²) < 4.78 is 3.21. The molecule has 0 fully saturated rings. The zero-order valence-corrected chi connectivity index (χ0v) is 10.5. The number of carboxylic acids is 1. The van der Waals surface area contributed by atoms with Crippen LogP contribution in [0.2, 0.25) is 0 Å². The standard InChI is InChI=1S/C11H15N5O2/c1-7(2)9(11(17)18)16-6-12-14-10(16)8-4-13-15(3)5-8/h4-7,9H,1-3H3,(H,17,18). The molecule has 0 aromatic carbocycles. The molecule has 7 heteroatoms. The molecule has 0 aliphatic heterocycles. The first-order valence-electron chi connectivity index (χ1n) is 5.62. The predicted octanol–water partition coefficient (Wildman–Crippen LogP) is 0.960. The van der Waals surface area contributed by atoms with Crippen LogP contribution in [0.4, 0.5) is 0 Å². The van der Waals surface area contributed by atoms with E-state index in [1.165, 1.54) is 6.33 Å². The van der Waals surface area contributed by atoms with Gasteiger partial charge >= 0.3 is 5.97 Å². The zero-order valence-electron chi connectivity index (χ0n) is 10.5. The fraction of sp³-hybridized carbons (Fsp3) is 0.455. The maximum atomic E-state index is 11.3. The Morgan fingerprint density at radius 1 is 1.44 bits per heavy atom. The van der Waals surface area contributed by atoms with E-state index in [9.17, 15) is 9.90 Å². The molecule has 18 heavy (non-hydrogen) atoms. The molecule has 2 rings (SSSR count). The SMILES string of the molecule is CC(C)C(C(=O)O)n1cnnc1-c1cnn(C)c1. The topological polar surface area (TPSA) is 85.8 Å². The smallest absolute Gasteiger partial charge is 0.327 e. The molecule has 0 saturated carbocycles. The summed E-state index contributed by atoms with van der Waals surface area (Å²) in [4.78, 5) is 11.3. The van der Waals surface area contributed by atoms with E-state index < -0.39 is 12.0 Å². The molecule has 1 unspecified atom stereocenters. The van der Waals surface area contributed by atoms with Gasteiger partial charge in [-0.2, -0.15) is 5.10 Å². The number of aromatic nitrogens is 5. The molecule has 2 heterocycles. The third-order valence-electron chi connectivity index (χ3n) is 2.72. The van der Waals surface area contributed by atoms with E-state index in [2.05, 4.69) is 15.3 Å². The first-order valence-corrected chi connectivity index (χ1v) is 5.62. The Balaban J connectivity index is 2.47. The van der Waals surface area contributed by atoms with Crippen LogP contribution < -0.4 is 0 Å². The molecule has 0 spiro atoms. The Morgan fingerprint density at radius 3 is 2.67 bits per heavy atom. The molecule has 1 atom stereocenters. The van der Waals surface area contributed by atoms with Gasteiger partial charge in [-0.25, -0.2) is 4.79 Å². The highest BCUT2D eigenvalue weighted by molar-refractivity contribution is 5.73. The molecule has 2 aromatic heterocycles. The quantitative estimate of drug-likeness (QED) is 0.872. The normalized spacial score (nSPS) is 12.9. The van der Waals surface area contributed by atoms with Gasteiger partial charge in [0.25, 0.3) is 0 Å². The maximum absolute atomic E-state index is 11.3. The van der Waals surface area contributed by atoms with Crippen molar-refractivity contribution in [1.82, 2.24) is 24.5 Å². The average Bonchev–Trinajstić information content (AvgIpc) is 2.85. The number of aliphatic carboxylic acids is 1. The summed E-state index contributed by atoms with van der Waals surface area (Å²) in [6.45, 7) is 3.71. The van der Waals surface area contributed by atoms with Crippen molar-refractivity contribution < 1.29 is 9.90 Å². The molecule has 2 aromatic rings. The lowest BCUT2D eigenvalue weighted by atomic mass is 10.0. The summed E-state index contributed by atoms with van der Waals surface area (Å²) in [7, 11) is 1.79. The van der Waals surface area contributed by atoms with Crippen molar-refractivity contribution in [2.24, 2.45) is 13.0 Å². The van der Waals surface area contributed by atoms with Gasteiger partial charge in [0.05, 0.1) is 11.8 Å². The van der Waals surface area contributed by atoms with Crippen LogP contribution in [-0.2, 0) is 11.8 Å². The van der Waals surface area contributed by atoms with Crippen molar-refractivity contribution in [1.29, 1.82) is 0 Å². The number of hydrogen-bond acceptors (Lipinski definition) is 4. The fourth-order valence-corrected chi connectivity index (χ4v) is 1.91. The first kappa shape index (κ1) is 12.3. The van der Waals surface area contributed by atoms with Gasteiger partial charge in [-0.1, -0.05) is 13.8 Å². The molecule has 1 N–H and O–H groups in total. The monoisotopic (exact) mass is 249 g/mol. The van der Waals surface area contributed by atoms with E-state index in [4.69, 9.17) is 0 Å². The Hall–Kier alpha value is -2.18. The first-order chi connectivity index (χ1) is 8.50. The molecule has 0 radical (unpaired) electrons. The maximum Gasteiger partial charge on any atom is 0.327 e. The molecule has 96 valence electrons. The van der Waals surface area contributed by atoms with Crippen molar-refractivity contribution in [2.75, 3.05) is 0 Å². The zero-order chi connectivity index (χ0) is 13.3. The summed E-state index contributed by atoms with van der Waals surface area (Å²) in [5.41, 5.74) is 0.752. The lowest BCUT2D eigenvalue weighted by Gasteiger charge is -2.18. The lowest BCUT2D eigenvalue weighted by Crippen LogP contribution is -2.24. The second-order valence-electron chi connectivity index (χ2n) is 4.49. The lowest BCUT2D eigenvalue weighted by molar-refractivity contribution is -0.142. The van der Waals surface area contributed by atoms with Crippen molar-refractivity contribution in [3.63, 3.8) is 0 Å². The van der Waals surface area contributed by atoms with E-state index in [-0.39, 0.29) is 5.92 Å². The minimum atomic E-state index is -0.894. The van der Waals surface area contributed by atoms with Crippen LogP contribution in [0.3, 0.4) is 0 Å². The summed E-state index contributed by atoms with van der Waals surface area (Å²) in [6, 6.07) is -0.685. The molecular formula is C11H15N5O2. The summed E-state index contributed by atoms with van der Waals surface area (Å²) >= 11 is 0. The number of carboxylic acid groups (broad SMARTS) is 1. The van der Waals surface area contributed by atoms with Crippen LogP contribution in [0.1, 0.15) is 19.9 Å². The highest BCUT2D eigenvalue weighted by atomic mass is 16.4. The molecule has 0 bridgehead atoms. The highest BCUT2D eigenvalue weighted by Gasteiger charge is 2.26. The highest BCUT2D eigenvalue weighted by Crippen LogP contribution is 2.24. The van der Waals surface area contributed by atoms with Gasteiger partial charge in [0.15, 0.2) is 5.82 Å². The van der Waals surface area contributed by atoms with Crippen LogP contribution in [0.25, 0.3) is 11.4 Å². The number of aryl methyl sites for hydroxylation is 1. The summed E-state index contributed by atoms with van der Waals surface area (Å²) in [6.07, 6.45) is 4.86. The van der Waals surface area contributed by atoms with Gasteiger partial charge in [0, 0.05) is 13.2 Å². The van der Waals surface area contributed by atoms with Gasteiger partial charge in [0.2, 0.25) is 0 Å². The Labute approximate surface area is 104 Å². The summed E-state index contributed by atoms with van der Waals surface area (Å²) in [5, 5.41) is 21.1. The van der Waals surface area contributed by atoms with Gasteiger partial charge in [0.1, 0.15) is 12.4 Å². The Bertz CT molecular complexity index is 557. The molecule has 7 nitrogen and oxygen atoms in total. The largest absolute Gasteiger partial charge is 0.480 e. The third-order valence-corrected chi connectivity index (χ3v) is 2.72. The van der Waals surface area contributed by atoms with E-state index in [1.807, 2.05) is 13.8 Å². The van der Waals surface area contributed by atoms with Crippen LogP contribution in [-0.4, -0.2) is 35.6 Å². The second-order valence-corrected chi connectivity index (χ2v) is 4.49. The van der Waals surface area contributed by atoms with Crippen LogP contribution in [0.15, 0.2) is 18.7 Å². The minimum Gasteiger partial charge on any atom is -0.480 e. The van der Waals surface area contributed by atoms with Crippen molar-refractivity contribution >= 4 is 5.97 Å². The fourth-order valence-electron chi connectivity index (χ4n) is 1.91. The molecule has 0 aliphatic carbocycles. The Kier molecular flexibility index (Phi) is 3.14. The minimum absolute atomic E-state index is 0.0612. The van der Waals surface area contributed by atoms with Gasteiger partial charge < -0.3 is 5.11 Å². The van der Waals surface area contributed by atoms with Gasteiger partial charge in [-0.15, -0.1) is 10.2 Å². The number of rotatable bonds is 4. The van der Waals surface area contributed by atoms with Crippen molar-refractivity contribution in [3.05, 3.63) is 18.7 Å². The van der Waals surface area contributed by atoms with Crippen LogP contribution in [0.5, 0.6) is 0 Å². The predicted molar refractivity (Wildman–Crippen MR) is 63.7 cm³/mol. The molecule has 0 saturated heterocycles. The second kappa shape index (κ2) is 4.59. The van der Waals surface area contributed by atoms with E-state index in [0.29, 0.717) is 5.82 Å². The Morgan fingerprint density at radius 2 is 2.17 bits per heavy atom. The molecule has 0 amide bonds. The van der Waals surface area contributed by atoms with Crippen molar-refractivity contribution in [3.8, 4) is 11.4 Å². The van der Waals surface area contributed by atoms with E-state index >= 15 is 0 Å². The summed E-state index contributed by atoms with van der Waals surface area (Å²) in [5.74, 6) is -0.437. The van der Waals surface area contributed by atoms with Crippen molar-refractivity contribution in [2.45, 2.75) is 19.9 Å². The van der Waals surface area contributed by atoms with Gasteiger partial charge in [-0.3, -0.25) is 9.25 Å². The van der Waals surface area contributed by atoms with Crippen LogP contribution >= 0.6 is 0 Å². The van der Waals surface area contributed by atoms with E-state index in [1.54, 1.807) is 28.7 Å². The van der Waals surface area contributed by atoms with Gasteiger partial charge in [-0.05, 0) is 5.92 Å². The number of nitrogens with zero attached hydrogens (tertiary/aromatic N) is 5. The number of carbonyl (C=O) groups is 1. The number of hydrogen-bond donors (Lipinski definition) is 1. The average molecular weight is 249 g/mol.